The van der Waals surface area contributed by atoms with Crippen molar-refractivity contribution < 1.29 is 19.1 Å². The second-order valence-corrected chi connectivity index (χ2v) is 8.01. The molecular weight excluding hydrogens is 418 g/mol. The van der Waals surface area contributed by atoms with E-state index in [1.807, 2.05) is 37.3 Å². The summed E-state index contributed by atoms with van der Waals surface area (Å²) in [6.45, 7) is 1.84. The molecule has 1 unspecified atom stereocenters. The zero-order chi connectivity index (χ0) is 22.0. The summed E-state index contributed by atoms with van der Waals surface area (Å²) < 4.78 is 7.08. The van der Waals surface area contributed by atoms with Gasteiger partial charge < -0.3 is 24.4 Å². The van der Waals surface area contributed by atoms with Crippen LogP contribution in [0.4, 0.5) is 0 Å². The number of rotatable bonds is 8. The van der Waals surface area contributed by atoms with Gasteiger partial charge in [-0.1, -0.05) is 30.0 Å². The Kier molecular flexibility index (Phi) is 5.81. The van der Waals surface area contributed by atoms with Crippen LogP contribution in [0, 0.1) is 6.92 Å². The number of hydrogen-bond acceptors (Lipinski definition) is 6. The maximum atomic E-state index is 12.4. The molecule has 0 radical (unpaired) electrons. The van der Waals surface area contributed by atoms with Gasteiger partial charge in [0.1, 0.15) is 11.8 Å². The highest BCUT2D eigenvalue weighted by Gasteiger charge is 2.23. The van der Waals surface area contributed by atoms with Gasteiger partial charge in [-0.25, -0.2) is 4.79 Å². The summed E-state index contributed by atoms with van der Waals surface area (Å²) >= 11 is 1.19. The van der Waals surface area contributed by atoms with Crippen LogP contribution in [0.3, 0.4) is 0 Å². The van der Waals surface area contributed by atoms with E-state index in [0.29, 0.717) is 11.0 Å². The molecule has 3 aromatic heterocycles. The summed E-state index contributed by atoms with van der Waals surface area (Å²) in [4.78, 5) is 27.3. The first kappa shape index (κ1) is 20.7. The van der Waals surface area contributed by atoms with Crippen molar-refractivity contribution in [2.75, 3.05) is 5.75 Å². The number of H-pyrrole nitrogens is 1. The highest BCUT2D eigenvalue weighted by Crippen LogP contribution is 2.26. The topological polar surface area (TPSA) is 126 Å². The Balaban J connectivity index is 1.40. The van der Waals surface area contributed by atoms with Crippen LogP contribution < -0.4 is 5.32 Å². The lowest BCUT2D eigenvalue weighted by atomic mass is 10.1. The van der Waals surface area contributed by atoms with Crippen molar-refractivity contribution in [3.05, 3.63) is 54.1 Å². The third kappa shape index (κ3) is 4.33. The lowest BCUT2D eigenvalue weighted by molar-refractivity contribution is -0.141. The molecule has 10 heteroatoms. The number of benzene rings is 1. The predicted octanol–water partition coefficient (Wildman–Crippen LogP) is 2.77. The summed E-state index contributed by atoms with van der Waals surface area (Å²) in [5.74, 6) is -0.0850. The summed E-state index contributed by atoms with van der Waals surface area (Å²) in [7, 11) is 1.80. The lowest BCUT2D eigenvalue weighted by Crippen LogP contribution is -2.43. The molecule has 9 nitrogen and oxygen atoms in total. The number of nitrogens with zero attached hydrogens (tertiary/aromatic N) is 3. The number of aromatic amines is 1. The van der Waals surface area contributed by atoms with Crippen LogP contribution in [-0.4, -0.2) is 48.5 Å². The number of carboxylic acid groups (broad SMARTS) is 1. The van der Waals surface area contributed by atoms with E-state index in [1.54, 1.807) is 24.1 Å². The number of thioether (sulfide) groups is 1. The number of fused-ring (bicyclic) bond motifs is 1. The molecule has 0 fully saturated rings. The van der Waals surface area contributed by atoms with E-state index in [0.717, 1.165) is 27.8 Å². The van der Waals surface area contributed by atoms with Gasteiger partial charge in [-0.15, -0.1) is 10.2 Å². The molecular formula is C21H21N5O4S. The van der Waals surface area contributed by atoms with Crippen LogP contribution in [0.5, 0.6) is 0 Å². The molecule has 160 valence electrons. The minimum absolute atomic E-state index is 0.0218. The summed E-state index contributed by atoms with van der Waals surface area (Å²) in [6.07, 6.45) is 3.55. The van der Waals surface area contributed by atoms with Crippen molar-refractivity contribution in [2.24, 2.45) is 7.05 Å². The highest BCUT2D eigenvalue weighted by atomic mass is 32.2. The Morgan fingerprint density at radius 3 is 2.84 bits per heavy atom. The second kappa shape index (κ2) is 8.68. The molecule has 0 bridgehead atoms. The van der Waals surface area contributed by atoms with Crippen LogP contribution in [0.1, 0.15) is 11.3 Å². The van der Waals surface area contributed by atoms with Crippen molar-refractivity contribution in [3.63, 3.8) is 0 Å². The van der Waals surface area contributed by atoms with Gasteiger partial charge in [0.05, 0.1) is 17.6 Å². The van der Waals surface area contributed by atoms with Gasteiger partial charge >= 0.3 is 5.97 Å². The standard InChI is InChI=1S/C21H21N5O4S/c1-12-14(7-8-30-12)19-24-25-21(26(19)2)31-11-18(27)23-17(20(28)29)9-13-10-22-16-6-4-3-5-15(13)16/h3-8,10,17,22H,9,11H2,1-2H3,(H,23,27)(H,28,29). The molecule has 0 spiro atoms. The first-order valence-electron chi connectivity index (χ1n) is 9.58. The van der Waals surface area contributed by atoms with E-state index in [2.05, 4.69) is 20.5 Å². The molecule has 0 aliphatic rings. The van der Waals surface area contributed by atoms with Gasteiger partial charge in [0.2, 0.25) is 5.91 Å². The van der Waals surface area contributed by atoms with Crippen LogP contribution >= 0.6 is 11.8 Å². The van der Waals surface area contributed by atoms with Gasteiger partial charge in [0.25, 0.3) is 0 Å². The number of para-hydroxylation sites is 1. The zero-order valence-electron chi connectivity index (χ0n) is 17.0. The fourth-order valence-corrected chi connectivity index (χ4v) is 4.10. The number of aromatic nitrogens is 4. The molecule has 1 atom stereocenters. The van der Waals surface area contributed by atoms with E-state index in [1.165, 1.54) is 11.8 Å². The Labute approximate surface area is 181 Å². The quantitative estimate of drug-likeness (QED) is 0.360. The minimum Gasteiger partial charge on any atom is -0.480 e. The van der Waals surface area contributed by atoms with Crippen molar-refractivity contribution in [1.82, 2.24) is 25.1 Å². The van der Waals surface area contributed by atoms with E-state index in [9.17, 15) is 14.7 Å². The first-order chi connectivity index (χ1) is 14.9. The molecule has 0 saturated carbocycles. The van der Waals surface area contributed by atoms with Crippen molar-refractivity contribution in [2.45, 2.75) is 24.5 Å². The van der Waals surface area contributed by atoms with E-state index >= 15 is 0 Å². The number of aliphatic carboxylic acids is 1. The van der Waals surface area contributed by atoms with Gasteiger partial charge in [-0.2, -0.15) is 0 Å². The number of amides is 1. The molecule has 0 aliphatic heterocycles. The van der Waals surface area contributed by atoms with Gasteiger partial charge in [-0.05, 0) is 24.6 Å². The Morgan fingerprint density at radius 2 is 2.10 bits per heavy atom. The van der Waals surface area contributed by atoms with Gasteiger partial charge in [-0.3, -0.25) is 4.79 Å². The number of carbonyl (C=O) groups is 2. The number of furan rings is 1. The number of nitrogens with one attached hydrogen (secondary N) is 2. The first-order valence-corrected chi connectivity index (χ1v) is 10.6. The molecule has 4 aromatic rings. The predicted molar refractivity (Wildman–Crippen MR) is 116 cm³/mol. The Morgan fingerprint density at radius 1 is 1.29 bits per heavy atom. The van der Waals surface area contributed by atoms with E-state index < -0.39 is 12.0 Å². The smallest absolute Gasteiger partial charge is 0.326 e. The lowest BCUT2D eigenvalue weighted by Gasteiger charge is -2.14. The zero-order valence-corrected chi connectivity index (χ0v) is 17.8. The van der Waals surface area contributed by atoms with E-state index in [-0.39, 0.29) is 18.1 Å². The summed E-state index contributed by atoms with van der Waals surface area (Å²) in [5, 5.41) is 22.0. The average Bonchev–Trinajstić information content (AvgIpc) is 3.45. The molecule has 3 N–H and O–H groups in total. The molecule has 0 aliphatic carbocycles. The van der Waals surface area contributed by atoms with Gasteiger partial charge in [0, 0.05) is 30.6 Å². The maximum Gasteiger partial charge on any atom is 0.326 e. The van der Waals surface area contributed by atoms with Gasteiger partial charge in [0.15, 0.2) is 11.0 Å². The fourth-order valence-electron chi connectivity index (χ4n) is 3.38. The van der Waals surface area contributed by atoms with Crippen LogP contribution in [-0.2, 0) is 23.1 Å². The second-order valence-electron chi connectivity index (χ2n) is 7.07. The fraction of sp³-hybridized carbons (Fsp3) is 0.238. The van der Waals surface area contributed by atoms with Crippen molar-refractivity contribution in [3.8, 4) is 11.4 Å². The molecule has 1 amide bonds. The number of hydrogen-bond donors (Lipinski definition) is 3. The molecule has 3 heterocycles. The van der Waals surface area contributed by atoms with Crippen LogP contribution in [0.25, 0.3) is 22.3 Å². The summed E-state index contributed by atoms with van der Waals surface area (Å²) in [5.41, 5.74) is 2.59. The minimum atomic E-state index is -1.08. The normalized spacial score (nSPS) is 12.2. The number of aryl methyl sites for hydroxylation is 1. The van der Waals surface area contributed by atoms with Crippen LogP contribution in [0.15, 0.2) is 52.4 Å². The average molecular weight is 439 g/mol. The third-order valence-electron chi connectivity index (χ3n) is 5.00. The summed E-state index contributed by atoms with van der Waals surface area (Å²) in [6, 6.07) is 8.42. The number of carbonyl (C=O) groups excluding carboxylic acids is 1. The molecule has 1 aromatic carbocycles. The van der Waals surface area contributed by atoms with Crippen LogP contribution in [0.2, 0.25) is 0 Å². The Bertz CT molecular complexity index is 1240. The molecule has 31 heavy (non-hydrogen) atoms. The number of carboxylic acids is 1. The SMILES string of the molecule is Cc1occc1-c1nnc(SCC(=O)NC(Cc2c[nH]c3ccccc23)C(=O)O)n1C. The largest absolute Gasteiger partial charge is 0.480 e. The Hall–Kier alpha value is -3.53. The highest BCUT2D eigenvalue weighted by molar-refractivity contribution is 7.99. The third-order valence-corrected chi connectivity index (χ3v) is 6.02. The van der Waals surface area contributed by atoms with Crippen molar-refractivity contribution in [1.29, 1.82) is 0 Å². The maximum absolute atomic E-state index is 12.4. The molecule has 4 rings (SSSR count). The molecule has 0 saturated heterocycles. The van der Waals surface area contributed by atoms with E-state index in [4.69, 9.17) is 4.42 Å². The van der Waals surface area contributed by atoms with Crippen molar-refractivity contribution >= 4 is 34.5 Å². The monoisotopic (exact) mass is 439 g/mol.